The summed E-state index contributed by atoms with van der Waals surface area (Å²) in [6, 6.07) is 2.24. The molecule has 0 atom stereocenters. The Kier molecular flexibility index (Phi) is 3.83. The van der Waals surface area contributed by atoms with E-state index in [4.69, 9.17) is 14.9 Å². The van der Waals surface area contributed by atoms with E-state index >= 15 is 0 Å². The third-order valence-corrected chi connectivity index (χ3v) is 3.01. The van der Waals surface area contributed by atoms with E-state index in [1.807, 2.05) is 0 Å². The molecule has 0 bridgehead atoms. The number of hydrogen-bond acceptors (Lipinski definition) is 5. The SMILES string of the molecule is COCCSc1nc2cc(F)cc(C(N)=O)c2o1. The van der Waals surface area contributed by atoms with Gasteiger partial charge in [-0.15, -0.1) is 0 Å². The van der Waals surface area contributed by atoms with Crippen LogP contribution in [0, 0.1) is 5.82 Å². The van der Waals surface area contributed by atoms with Crippen molar-refractivity contribution in [2.24, 2.45) is 5.73 Å². The van der Waals surface area contributed by atoms with E-state index < -0.39 is 11.7 Å². The first-order valence-electron chi connectivity index (χ1n) is 5.13. The van der Waals surface area contributed by atoms with Crippen molar-refractivity contribution in [2.45, 2.75) is 5.22 Å². The average Bonchev–Trinajstić information content (AvgIpc) is 2.70. The van der Waals surface area contributed by atoms with Crippen molar-refractivity contribution in [1.29, 1.82) is 0 Å². The lowest BCUT2D eigenvalue weighted by Gasteiger charge is -1.96. The zero-order valence-corrected chi connectivity index (χ0v) is 10.4. The number of halogens is 1. The van der Waals surface area contributed by atoms with Crippen LogP contribution in [0.5, 0.6) is 0 Å². The van der Waals surface area contributed by atoms with Crippen LogP contribution in [0.3, 0.4) is 0 Å². The Bertz CT molecular complexity index is 585. The van der Waals surface area contributed by atoms with E-state index in [0.717, 1.165) is 6.07 Å². The van der Waals surface area contributed by atoms with E-state index in [0.29, 0.717) is 17.6 Å². The predicted molar refractivity (Wildman–Crippen MR) is 65.1 cm³/mol. The van der Waals surface area contributed by atoms with Crippen molar-refractivity contribution in [3.05, 3.63) is 23.5 Å². The fourth-order valence-electron chi connectivity index (χ4n) is 1.44. The van der Waals surface area contributed by atoms with E-state index in [9.17, 15) is 9.18 Å². The summed E-state index contributed by atoms with van der Waals surface area (Å²) in [5.41, 5.74) is 5.65. The molecule has 1 aromatic carbocycles. The fraction of sp³-hybridized carbons (Fsp3) is 0.273. The zero-order valence-electron chi connectivity index (χ0n) is 9.60. The number of amides is 1. The third kappa shape index (κ3) is 2.62. The lowest BCUT2D eigenvalue weighted by Crippen LogP contribution is -2.11. The van der Waals surface area contributed by atoms with E-state index in [1.165, 1.54) is 17.8 Å². The van der Waals surface area contributed by atoms with Gasteiger partial charge in [-0.25, -0.2) is 9.37 Å². The first kappa shape index (κ1) is 12.8. The summed E-state index contributed by atoms with van der Waals surface area (Å²) >= 11 is 1.32. The number of ether oxygens (including phenoxy) is 1. The van der Waals surface area contributed by atoms with Crippen molar-refractivity contribution >= 4 is 28.8 Å². The fourth-order valence-corrected chi connectivity index (χ4v) is 2.16. The van der Waals surface area contributed by atoms with Crippen molar-refractivity contribution in [1.82, 2.24) is 4.98 Å². The highest BCUT2D eigenvalue weighted by atomic mass is 32.2. The molecule has 0 aliphatic heterocycles. The number of thioether (sulfide) groups is 1. The molecule has 1 aromatic heterocycles. The number of nitrogens with two attached hydrogens (primary N) is 1. The molecule has 0 unspecified atom stereocenters. The second-order valence-corrected chi connectivity index (χ2v) is 4.53. The molecule has 0 spiro atoms. The highest BCUT2D eigenvalue weighted by Gasteiger charge is 2.15. The summed E-state index contributed by atoms with van der Waals surface area (Å²) in [5.74, 6) is -0.667. The molecule has 0 fully saturated rings. The number of rotatable bonds is 5. The van der Waals surface area contributed by atoms with E-state index in [1.54, 1.807) is 7.11 Å². The van der Waals surface area contributed by atoms with Crippen LogP contribution in [0.2, 0.25) is 0 Å². The van der Waals surface area contributed by atoms with Crippen LogP contribution in [0.1, 0.15) is 10.4 Å². The molecule has 2 N–H and O–H groups in total. The highest BCUT2D eigenvalue weighted by molar-refractivity contribution is 7.99. The number of nitrogens with zero attached hydrogens (tertiary/aromatic N) is 1. The van der Waals surface area contributed by atoms with Gasteiger partial charge >= 0.3 is 0 Å². The van der Waals surface area contributed by atoms with Crippen LogP contribution in [-0.2, 0) is 4.74 Å². The molecule has 0 saturated carbocycles. The van der Waals surface area contributed by atoms with Gasteiger partial charge in [-0.3, -0.25) is 4.79 Å². The standard InChI is InChI=1S/C11H11FN2O3S/c1-16-2-3-18-11-14-8-5-6(12)4-7(10(13)15)9(8)17-11/h4-5H,2-3H2,1H3,(H2,13,15). The van der Waals surface area contributed by atoms with Crippen LogP contribution in [0.4, 0.5) is 4.39 Å². The average molecular weight is 270 g/mol. The van der Waals surface area contributed by atoms with Gasteiger partial charge in [0.1, 0.15) is 11.3 Å². The molecule has 2 rings (SSSR count). The third-order valence-electron chi connectivity index (χ3n) is 2.21. The van der Waals surface area contributed by atoms with E-state index in [-0.39, 0.29) is 16.7 Å². The van der Waals surface area contributed by atoms with Gasteiger partial charge in [-0.05, 0) is 6.07 Å². The molecule has 0 radical (unpaired) electrons. The number of carbonyl (C=O) groups is 1. The minimum atomic E-state index is -0.746. The summed E-state index contributed by atoms with van der Waals surface area (Å²) in [7, 11) is 1.59. The molecule has 2 aromatic rings. The summed E-state index contributed by atoms with van der Waals surface area (Å²) in [6.45, 7) is 0.542. The molecule has 1 amide bonds. The number of oxazole rings is 1. The topological polar surface area (TPSA) is 78.4 Å². The van der Waals surface area contributed by atoms with Crippen LogP contribution in [-0.4, -0.2) is 30.4 Å². The van der Waals surface area contributed by atoms with Crippen LogP contribution >= 0.6 is 11.8 Å². The van der Waals surface area contributed by atoms with Crippen LogP contribution in [0.25, 0.3) is 11.1 Å². The summed E-state index contributed by atoms with van der Waals surface area (Å²) < 4.78 is 23.5. The zero-order chi connectivity index (χ0) is 13.1. The quantitative estimate of drug-likeness (QED) is 0.662. The Hall–Kier alpha value is -1.60. The number of carbonyl (C=O) groups excluding carboxylic acids is 1. The number of primary amides is 1. The van der Waals surface area contributed by atoms with Crippen LogP contribution < -0.4 is 5.73 Å². The van der Waals surface area contributed by atoms with Gasteiger partial charge in [-0.2, -0.15) is 0 Å². The van der Waals surface area contributed by atoms with Crippen molar-refractivity contribution in [3.8, 4) is 0 Å². The number of aromatic nitrogens is 1. The second-order valence-electron chi connectivity index (χ2n) is 3.49. The van der Waals surface area contributed by atoms with Gasteiger partial charge in [0.15, 0.2) is 5.58 Å². The monoisotopic (exact) mass is 270 g/mol. The minimum absolute atomic E-state index is 0.00362. The minimum Gasteiger partial charge on any atom is -0.430 e. The summed E-state index contributed by atoms with van der Waals surface area (Å²) in [4.78, 5) is 15.3. The van der Waals surface area contributed by atoms with Crippen LogP contribution in [0.15, 0.2) is 21.8 Å². The largest absolute Gasteiger partial charge is 0.430 e. The molecule has 0 saturated heterocycles. The summed E-state index contributed by atoms with van der Waals surface area (Å²) in [5, 5.41) is 0.357. The van der Waals surface area contributed by atoms with Crippen molar-refractivity contribution in [3.63, 3.8) is 0 Å². The normalized spacial score (nSPS) is 11.0. The van der Waals surface area contributed by atoms with Gasteiger partial charge in [0, 0.05) is 18.9 Å². The van der Waals surface area contributed by atoms with E-state index in [2.05, 4.69) is 4.98 Å². The lowest BCUT2D eigenvalue weighted by molar-refractivity contribution is 0.100. The molecule has 18 heavy (non-hydrogen) atoms. The Balaban J connectivity index is 2.37. The first-order valence-corrected chi connectivity index (χ1v) is 6.12. The molecule has 5 nitrogen and oxygen atoms in total. The molecule has 1 heterocycles. The molecule has 0 aliphatic rings. The Morgan fingerprint density at radius 1 is 1.61 bits per heavy atom. The molecular weight excluding hydrogens is 259 g/mol. The Morgan fingerprint density at radius 3 is 3.06 bits per heavy atom. The molecular formula is C11H11FN2O3S. The maximum Gasteiger partial charge on any atom is 0.256 e. The number of hydrogen-bond donors (Lipinski definition) is 1. The maximum atomic E-state index is 13.3. The number of methoxy groups -OCH3 is 1. The highest BCUT2D eigenvalue weighted by Crippen LogP contribution is 2.26. The van der Waals surface area contributed by atoms with Crippen molar-refractivity contribution in [2.75, 3.05) is 19.5 Å². The molecule has 0 aliphatic carbocycles. The number of benzene rings is 1. The van der Waals surface area contributed by atoms with Crippen molar-refractivity contribution < 1.29 is 18.3 Å². The van der Waals surface area contributed by atoms with Gasteiger partial charge in [-0.1, -0.05) is 11.8 Å². The lowest BCUT2D eigenvalue weighted by atomic mass is 10.2. The smallest absolute Gasteiger partial charge is 0.256 e. The van der Waals surface area contributed by atoms with Gasteiger partial charge in [0.2, 0.25) is 0 Å². The van der Waals surface area contributed by atoms with Gasteiger partial charge in [0.25, 0.3) is 11.1 Å². The van der Waals surface area contributed by atoms with Gasteiger partial charge in [0.05, 0.1) is 12.2 Å². The molecule has 96 valence electrons. The maximum absolute atomic E-state index is 13.3. The Morgan fingerprint density at radius 2 is 2.39 bits per heavy atom. The number of fused-ring (bicyclic) bond motifs is 1. The summed E-state index contributed by atoms with van der Waals surface area (Å²) in [6.07, 6.45) is 0. The Labute approximate surface area is 106 Å². The molecule has 7 heteroatoms. The first-order chi connectivity index (χ1) is 8.61. The van der Waals surface area contributed by atoms with Gasteiger partial charge < -0.3 is 14.9 Å². The predicted octanol–water partition coefficient (Wildman–Crippen LogP) is 1.80. The second kappa shape index (κ2) is 5.36.